The van der Waals surface area contributed by atoms with Crippen molar-refractivity contribution < 1.29 is 59.8 Å². The van der Waals surface area contributed by atoms with Gasteiger partial charge in [0.15, 0.2) is 17.3 Å². The molecule has 0 saturated heterocycles. The molecule has 2 aromatic rings. The Kier molecular flexibility index (Phi) is 12.8. The molecule has 0 aliphatic rings. The van der Waals surface area contributed by atoms with Gasteiger partial charge in [0.1, 0.15) is 11.8 Å². The molecule has 0 spiro atoms. The van der Waals surface area contributed by atoms with Gasteiger partial charge in [0.25, 0.3) is 0 Å². The first-order valence-corrected chi connectivity index (χ1v) is 13.9. The predicted octanol–water partition coefficient (Wildman–Crippen LogP) is 5.44. The standard InChI is InChI=1S/C31H34F6N2O7/c1-15(38)5-11-23(40)21-13-17(28(43)45-3)7-9-19(21)25(30(32,33)34)27(42)26(31(35,36)37)20-10-8-18(29(44)46-4)14-22(20)24(41)12-6-16(2)39/h7-10,13-16,25-26H,5-6,11-12,38-39H2,1-4H3. The molecule has 2 rings (SSSR count). The summed E-state index contributed by atoms with van der Waals surface area (Å²) >= 11 is 0. The molecule has 0 aromatic heterocycles. The summed E-state index contributed by atoms with van der Waals surface area (Å²) in [6, 6.07) is 2.97. The first-order chi connectivity index (χ1) is 21.2. The number of benzene rings is 2. The summed E-state index contributed by atoms with van der Waals surface area (Å²) in [6.07, 6.45) is -12.3. The number of alkyl halides is 6. The Hall–Kier alpha value is -4.11. The van der Waals surface area contributed by atoms with Crippen molar-refractivity contribution >= 4 is 29.3 Å². The molecular weight excluding hydrogens is 626 g/mol. The summed E-state index contributed by atoms with van der Waals surface area (Å²) in [7, 11) is 1.92. The second-order valence-electron chi connectivity index (χ2n) is 10.8. The lowest BCUT2D eigenvalue weighted by Gasteiger charge is -2.29. The van der Waals surface area contributed by atoms with E-state index in [1.165, 1.54) is 13.8 Å². The summed E-state index contributed by atoms with van der Waals surface area (Å²) in [5, 5.41) is 0. The highest BCUT2D eigenvalue weighted by Gasteiger charge is 2.56. The fourth-order valence-corrected chi connectivity index (χ4v) is 4.72. The van der Waals surface area contributed by atoms with Crippen molar-refractivity contribution in [2.75, 3.05) is 14.2 Å². The summed E-state index contributed by atoms with van der Waals surface area (Å²) in [6.45, 7) is 3.02. The van der Waals surface area contributed by atoms with Gasteiger partial charge in [0, 0.05) is 36.1 Å². The zero-order chi connectivity index (χ0) is 35.1. The van der Waals surface area contributed by atoms with Crippen molar-refractivity contribution in [3.8, 4) is 0 Å². The Morgan fingerprint density at radius 3 is 1.24 bits per heavy atom. The molecule has 0 heterocycles. The predicted molar refractivity (Wildman–Crippen MR) is 153 cm³/mol. The minimum Gasteiger partial charge on any atom is -0.465 e. The molecule has 0 aliphatic carbocycles. The minimum atomic E-state index is -5.69. The summed E-state index contributed by atoms with van der Waals surface area (Å²) in [5.74, 6) is -13.7. The van der Waals surface area contributed by atoms with Crippen LogP contribution in [0.1, 0.15) is 104 Å². The number of nitrogens with two attached hydrogens (primary N) is 2. The Morgan fingerprint density at radius 1 is 0.652 bits per heavy atom. The number of halogens is 6. The van der Waals surface area contributed by atoms with Gasteiger partial charge in [0.05, 0.1) is 25.3 Å². The molecule has 0 bridgehead atoms. The molecule has 4 atom stereocenters. The Balaban J connectivity index is 2.90. The van der Waals surface area contributed by atoms with Crippen LogP contribution in [0.3, 0.4) is 0 Å². The van der Waals surface area contributed by atoms with E-state index in [-0.39, 0.29) is 12.8 Å². The third-order valence-corrected chi connectivity index (χ3v) is 7.05. The lowest BCUT2D eigenvalue weighted by molar-refractivity contribution is -0.183. The number of ketones is 3. The topological polar surface area (TPSA) is 156 Å². The number of carbonyl (C=O) groups is 5. The molecule has 9 nitrogen and oxygen atoms in total. The Bertz CT molecular complexity index is 1360. The Labute approximate surface area is 260 Å². The molecule has 2 aromatic carbocycles. The number of Topliss-reactive ketones (excluding diaryl/α,β-unsaturated/α-hetero) is 3. The summed E-state index contributed by atoms with van der Waals surface area (Å²) in [5.41, 5.74) is 6.60. The second-order valence-corrected chi connectivity index (χ2v) is 10.8. The van der Waals surface area contributed by atoms with Crippen molar-refractivity contribution in [1.82, 2.24) is 0 Å². The van der Waals surface area contributed by atoms with Crippen molar-refractivity contribution in [3.63, 3.8) is 0 Å². The molecule has 0 aliphatic heterocycles. The smallest absolute Gasteiger partial charge is 0.402 e. The van der Waals surface area contributed by atoms with Crippen molar-refractivity contribution in [2.24, 2.45) is 11.5 Å². The lowest BCUT2D eigenvalue weighted by atomic mass is 9.78. The highest BCUT2D eigenvalue weighted by atomic mass is 19.4. The van der Waals surface area contributed by atoms with Crippen LogP contribution < -0.4 is 11.5 Å². The average Bonchev–Trinajstić information content (AvgIpc) is 2.96. The first-order valence-electron chi connectivity index (χ1n) is 13.9. The molecule has 4 N–H and O–H groups in total. The monoisotopic (exact) mass is 660 g/mol. The maximum absolute atomic E-state index is 14.7. The van der Waals surface area contributed by atoms with Crippen LogP contribution in [0.25, 0.3) is 0 Å². The molecule has 0 amide bonds. The van der Waals surface area contributed by atoms with E-state index in [0.29, 0.717) is 24.3 Å². The van der Waals surface area contributed by atoms with Crippen molar-refractivity contribution in [2.45, 2.75) is 75.8 Å². The largest absolute Gasteiger partial charge is 0.465 e. The quantitative estimate of drug-likeness (QED) is 0.153. The van der Waals surface area contributed by atoms with E-state index in [2.05, 4.69) is 9.47 Å². The number of rotatable bonds is 14. The highest BCUT2D eigenvalue weighted by molar-refractivity contribution is 6.05. The maximum atomic E-state index is 14.7. The van der Waals surface area contributed by atoms with Gasteiger partial charge in [0.2, 0.25) is 0 Å². The molecule has 15 heteroatoms. The van der Waals surface area contributed by atoms with Crippen LogP contribution in [-0.2, 0) is 14.3 Å². The van der Waals surface area contributed by atoms with Crippen LogP contribution in [0.15, 0.2) is 36.4 Å². The van der Waals surface area contributed by atoms with E-state index in [0.717, 1.165) is 26.4 Å². The lowest BCUT2D eigenvalue weighted by Crippen LogP contribution is -2.39. The SMILES string of the molecule is COC(=O)c1ccc(C(C(=O)C(c2ccc(C(=O)OC)cc2C(=O)CCC(C)N)C(F)(F)F)C(F)(F)F)c(C(=O)CCC(C)N)c1. The van der Waals surface area contributed by atoms with Crippen LogP contribution in [0.4, 0.5) is 26.3 Å². The number of carbonyl (C=O) groups excluding carboxylic acids is 5. The Morgan fingerprint density at radius 2 is 0.978 bits per heavy atom. The summed E-state index contributed by atoms with van der Waals surface area (Å²) < 4.78 is 97.5. The van der Waals surface area contributed by atoms with Gasteiger partial charge in [-0.3, -0.25) is 14.4 Å². The molecule has 46 heavy (non-hydrogen) atoms. The van der Waals surface area contributed by atoms with Gasteiger partial charge in [-0.05, 0) is 62.1 Å². The van der Waals surface area contributed by atoms with Gasteiger partial charge in [-0.1, -0.05) is 12.1 Å². The van der Waals surface area contributed by atoms with Gasteiger partial charge >= 0.3 is 24.3 Å². The number of hydrogen-bond acceptors (Lipinski definition) is 9. The van der Waals surface area contributed by atoms with Crippen LogP contribution in [-0.4, -0.2) is 67.9 Å². The first kappa shape index (κ1) is 38.1. The van der Waals surface area contributed by atoms with Crippen LogP contribution in [0, 0.1) is 0 Å². The van der Waals surface area contributed by atoms with Crippen molar-refractivity contribution in [1.29, 1.82) is 0 Å². The second kappa shape index (κ2) is 15.5. The van der Waals surface area contributed by atoms with Crippen molar-refractivity contribution in [3.05, 3.63) is 69.8 Å². The van der Waals surface area contributed by atoms with E-state index in [1.54, 1.807) is 0 Å². The third kappa shape index (κ3) is 9.45. The van der Waals surface area contributed by atoms with E-state index in [1.807, 2.05) is 0 Å². The molecule has 252 valence electrons. The van der Waals surface area contributed by atoms with E-state index in [9.17, 15) is 50.3 Å². The minimum absolute atomic E-state index is 0.0318. The van der Waals surface area contributed by atoms with E-state index in [4.69, 9.17) is 11.5 Å². The average molecular weight is 661 g/mol. The van der Waals surface area contributed by atoms with Gasteiger partial charge in [-0.15, -0.1) is 0 Å². The van der Waals surface area contributed by atoms with Gasteiger partial charge in [-0.25, -0.2) is 9.59 Å². The summed E-state index contributed by atoms with van der Waals surface area (Å²) in [4.78, 5) is 64.2. The van der Waals surface area contributed by atoms with E-state index >= 15 is 0 Å². The van der Waals surface area contributed by atoms with Gasteiger partial charge in [-0.2, -0.15) is 26.3 Å². The van der Waals surface area contributed by atoms with E-state index < -0.39 is 112 Å². The fraction of sp³-hybridized carbons (Fsp3) is 0.452. The number of ether oxygens (including phenoxy) is 2. The number of methoxy groups -OCH3 is 2. The molecule has 4 unspecified atom stereocenters. The van der Waals surface area contributed by atoms with Gasteiger partial charge < -0.3 is 20.9 Å². The normalized spacial score (nSPS) is 14.5. The maximum Gasteiger partial charge on any atom is 0.402 e. The van der Waals surface area contributed by atoms with Crippen LogP contribution >= 0.6 is 0 Å². The highest BCUT2D eigenvalue weighted by Crippen LogP contribution is 2.47. The van der Waals surface area contributed by atoms with Crippen LogP contribution in [0.2, 0.25) is 0 Å². The molecule has 0 fully saturated rings. The zero-order valence-electron chi connectivity index (χ0n) is 25.4. The van der Waals surface area contributed by atoms with Crippen LogP contribution in [0.5, 0.6) is 0 Å². The number of hydrogen-bond donors (Lipinski definition) is 2. The fourth-order valence-electron chi connectivity index (χ4n) is 4.72. The molecule has 0 radical (unpaired) electrons. The third-order valence-electron chi connectivity index (χ3n) is 7.05. The molecule has 0 saturated carbocycles. The molecular formula is C31H34F6N2O7. The number of esters is 2. The zero-order valence-corrected chi connectivity index (χ0v) is 25.4.